The number of rotatable bonds is 3. The molecule has 2 aliphatic heterocycles. The summed E-state index contributed by atoms with van der Waals surface area (Å²) in [7, 11) is 0. The zero-order valence-corrected chi connectivity index (χ0v) is 17.8. The molecule has 1 atom stereocenters. The third kappa shape index (κ3) is 3.79. The fourth-order valence-corrected chi connectivity index (χ4v) is 4.50. The van der Waals surface area contributed by atoms with Crippen LogP contribution in [0, 0.1) is 13.8 Å². The maximum atomic E-state index is 13.3. The molecule has 0 aliphatic carbocycles. The monoisotopic (exact) mass is 425 g/mol. The summed E-state index contributed by atoms with van der Waals surface area (Å²) in [5.41, 5.74) is 2.41. The van der Waals surface area contributed by atoms with Crippen molar-refractivity contribution in [3.05, 3.63) is 69.7 Å². The number of carbonyl (C=O) groups is 3. The van der Waals surface area contributed by atoms with Gasteiger partial charge in [-0.2, -0.15) is 0 Å². The minimum atomic E-state index is -1.06. The van der Waals surface area contributed by atoms with E-state index in [-0.39, 0.29) is 24.9 Å². The van der Waals surface area contributed by atoms with E-state index in [2.05, 4.69) is 5.32 Å². The van der Waals surface area contributed by atoms with Crippen molar-refractivity contribution in [1.29, 1.82) is 0 Å². The summed E-state index contributed by atoms with van der Waals surface area (Å²) in [6.07, 6.45) is 1.17. The number of piperidine rings is 1. The van der Waals surface area contributed by atoms with E-state index < -0.39 is 11.6 Å². The second kappa shape index (κ2) is 7.76. The average Bonchev–Trinajstić information content (AvgIpc) is 2.92. The van der Waals surface area contributed by atoms with Crippen LogP contribution in [0.25, 0.3) is 0 Å². The maximum absolute atomic E-state index is 13.3. The molecule has 0 saturated carbocycles. The van der Waals surface area contributed by atoms with Gasteiger partial charge in [-0.25, -0.2) is 4.79 Å². The number of hydrogen-bond acceptors (Lipinski definition) is 3. The molecule has 2 aromatic carbocycles. The Bertz CT molecular complexity index is 1000. The standard InChI is InChI=1S/C23H24ClN3O3/c1-15-10-16(2)12-18(11-15)20(28)26-9-3-8-23(14-26)21(29)27(22(30)25-23)13-17-4-6-19(24)7-5-17/h4-7,10-12H,3,8-9,13-14H2,1-2H3,(H,25,30)/t23-/m0/s1. The summed E-state index contributed by atoms with van der Waals surface area (Å²) >= 11 is 5.92. The lowest BCUT2D eigenvalue weighted by molar-refractivity contribution is -0.133. The minimum Gasteiger partial charge on any atom is -0.336 e. The van der Waals surface area contributed by atoms with Crippen molar-refractivity contribution >= 4 is 29.4 Å². The molecule has 0 unspecified atom stereocenters. The first-order valence-corrected chi connectivity index (χ1v) is 10.4. The van der Waals surface area contributed by atoms with Crippen molar-refractivity contribution in [2.75, 3.05) is 13.1 Å². The lowest BCUT2D eigenvalue weighted by atomic mass is 9.88. The van der Waals surface area contributed by atoms with Crippen LogP contribution in [-0.4, -0.2) is 46.3 Å². The molecule has 0 aromatic heterocycles. The van der Waals surface area contributed by atoms with Gasteiger partial charge in [-0.05, 0) is 56.5 Å². The molecule has 2 saturated heterocycles. The molecule has 2 aromatic rings. The van der Waals surface area contributed by atoms with E-state index in [0.717, 1.165) is 16.7 Å². The molecule has 0 bridgehead atoms. The number of aryl methyl sites for hydroxylation is 2. The van der Waals surface area contributed by atoms with Gasteiger partial charge in [0, 0.05) is 17.1 Å². The first-order chi connectivity index (χ1) is 14.3. The number of benzene rings is 2. The van der Waals surface area contributed by atoms with Crippen LogP contribution in [0.15, 0.2) is 42.5 Å². The fraction of sp³-hybridized carbons (Fsp3) is 0.348. The molecule has 2 fully saturated rings. The molecule has 6 nitrogen and oxygen atoms in total. The quantitative estimate of drug-likeness (QED) is 0.762. The Morgan fingerprint density at radius 1 is 1.10 bits per heavy atom. The molecule has 7 heteroatoms. The van der Waals surface area contributed by atoms with Crippen molar-refractivity contribution in [3.8, 4) is 0 Å². The van der Waals surface area contributed by atoms with Crippen LogP contribution >= 0.6 is 11.6 Å². The van der Waals surface area contributed by atoms with E-state index >= 15 is 0 Å². The SMILES string of the molecule is Cc1cc(C)cc(C(=O)N2CCC[C@@]3(C2)NC(=O)N(Cc2ccc(Cl)cc2)C3=O)c1. The van der Waals surface area contributed by atoms with Crippen molar-refractivity contribution in [2.24, 2.45) is 0 Å². The highest BCUT2D eigenvalue weighted by molar-refractivity contribution is 6.30. The Balaban J connectivity index is 1.54. The molecule has 1 N–H and O–H groups in total. The van der Waals surface area contributed by atoms with Gasteiger partial charge in [0.2, 0.25) is 0 Å². The molecule has 4 rings (SSSR count). The Morgan fingerprint density at radius 3 is 2.43 bits per heavy atom. The summed E-state index contributed by atoms with van der Waals surface area (Å²) in [4.78, 5) is 41.9. The van der Waals surface area contributed by atoms with Crippen LogP contribution in [0.3, 0.4) is 0 Å². The topological polar surface area (TPSA) is 69.7 Å². The summed E-state index contributed by atoms with van der Waals surface area (Å²) < 4.78 is 0. The maximum Gasteiger partial charge on any atom is 0.325 e. The molecule has 4 amide bonds. The van der Waals surface area contributed by atoms with E-state index in [4.69, 9.17) is 11.6 Å². The predicted molar refractivity (Wildman–Crippen MR) is 114 cm³/mol. The molecule has 1 spiro atoms. The number of imide groups is 1. The van der Waals surface area contributed by atoms with Gasteiger partial charge in [-0.3, -0.25) is 14.5 Å². The van der Waals surface area contributed by atoms with E-state index in [1.807, 2.05) is 32.0 Å². The Morgan fingerprint density at radius 2 is 1.77 bits per heavy atom. The van der Waals surface area contributed by atoms with E-state index in [1.54, 1.807) is 29.2 Å². The Labute approximate surface area is 180 Å². The summed E-state index contributed by atoms with van der Waals surface area (Å²) in [5, 5.41) is 3.47. The highest BCUT2D eigenvalue weighted by Gasteiger charge is 2.53. The largest absolute Gasteiger partial charge is 0.336 e. The van der Waals surface area contributed by atoms with Crippen molar-refractivity contribution in [3.63, 3.8) is 0 Å². The van der Waals surface area contributed by atoms with Gasteiger partial charge in [0.1, 0.15) is 5.54 Å². The normalized spacial score (nSPS) is 21.3. The van der Waals surface area contributed by atoms with Crippen molar-refractivity contribution < 1.29 is 14.4 Å². The number of nitrogens with one attached hydrogen (secondary N) is 1. The molecule has 0 radical (unpaired) electrons. The van der Waals surface area contributed by atoms with Crippen molar-refractivity contribution in [2.45, 2.75) is 38.8 Å². The molecule has 30 heavy (non-hydrogen) atoms. The second-order valence-corrected chi connectivity index (χ2v) is 8.67. The third-order valence-electron chi connectivity index (χ3n) is 5.75. The number of carbonyl (C=O) groups excluding carboxylic acids is 3. The molecule has 2 heterocycles. The number of amides is 4. The van der Waals surface area contributed by atoms with Gasteiger partial charge in [0.25, 0.3) is 11.8 Å². The molecule has 2 aliphatic rings. The summed E-state index contributed by atoms with van der Waals surface area (Å²) in [6.45, 7) is 4.83. The minimum absolute atomic E-state index is 0.112. The zero-order valence-electron chi connectivity index (χ0n) is 17.1. The van der Waals surface area contributed by atoms with Gasteiger partial charge in [0.15, 0.2) is 0 Å². The van der Waals surface area contributed by atoms with E-state index in [9.17, 15) is 14.4 Å². The molecular weight excluding hydrogens is 402 g/mol. The van der Waals surface area contributed by atoms with Gasteiger partial charge in [-0.1, -0.05) is 40.9 Å². The predicted octanol–water partition coefficient (Wildman–Crippen LogP) is 3.68. The van der Waals surface area contributed by atoms with Crippen LogP contribution < -0.4 is 5.32 Å². The number of urea groups is 1. The highest BCUT2D eigenvalue weighted by Crippen LogP contribution is 2.30. The van der Waals surface area contributed by atoms with Crippen LogP contribution in [-0.2, 0) is 11.3 Å². The second-order valence-electron chi connectivity index (χ2n) is 8.24. The van der Waals surface area contributed by atoms with Crippen LogP contribution in [0.5, 0.6) is 0 Å². The van der Waals surface area contributed by atoms with Gasteiger partial charge >= 0.3 is 6.03 Å². The summed E-state index contributed by atoms with van der Waals surface area (Å²) in [6, 6.07) is 12.4. The number of hydrogen-bond donors (Lipinski definition) is 1. The van der Waals surface area contributed by atoms with Gasteiger partial charge in [-0.15, -0.1) is 0 Å². The Kier molecular flexibility index (Phi) is 5.28. The van der Waals surface area contributed by atoms with Crippen LogP contribution in [0.1, 0.15) is 39.9 Å². The van der Waals surface area contributed by atoms with Crippen LogP contribution in [0.4, 0.5) is 4.79 Å². The van der Waals surface area contributed by atoms with Crippen LogP contribution in [0.2, 0.25) is 5.02 Å². The van der Waals surface area contributed by atoms with E-state index in [0.29, 0.717) is 30.0 Å². The first kappa shape index (κ1) is 20.4. The smallest absolute Gasteiger partial charge is 0.325 e. The molecule has 156 valence electrons. The molecular formula is C23H24ClN3O3. The highest BCUT2D eigenvalue weighted by atomic mass is 35.5. The average molecular weight is 426 g/mol. The van der Waals surface area contributed by atoms with Gasteiger partial charge < -0.3 is 10.2 Å². The first-order valence-electron chi connectivity index (χ1n) is 10.0. The zero-order chi connectivity index (χ0) is 21.5. The Hall–Kier alpha value is -2.86. The number of halogens is 1. The van der Waals surface area contributed by atoms with Crippen molar-refractivity contribution in [1.82, 2.24) is 15.1 Å². The third-order valence-corrected chi connectivity index (χ3v) is 6.00. The number of likely N-dealkylation sites (tertiary alicyclic amines) is 1. The summed E-state index contributed by atoms with van der Waals surface area (Å²) in [5.74, 6) is -0.389. The lowest BCUT2D eigenvalue weighted by Crippen LogP contribution is -2.59. The lowest BCUT2D eigenvalue weighted by Gasteiger charge is -2.38. The van der Waals surface area contributed by atoms with E-state index in [1.165, 1.54) is 4.90 Å². The number of nitrogens with zero attached hydrogens (tertiary/aromatic N) is 2. The van der Waals surface area contributed by atoms with Gasteiger partial charge in [0.05, 0.1) is 13.1 Å². The fourth-order valence-electron chi connectivity index (χ4n) is 4.38.